The average molecular weight is 337 g/mol. The van der Waals surface area contributed by atoms with Crippen LogP contribution >= 0.6 is 0 Å². The second-order valence-electron chi connectivity index (χ2n) is 5.71. The lowest BCUT2D eigenvalue weighted by atomic mass is 10.2. The van der Waals surface area contributed by atoms with Crippen LogP contribution in [0.1, 0.15) is 23.9 Å². The number of alkyl halides is 4. The number of amides is 1. The Bertz CT molecular complexity index is 562. The van der Waals surface area contributed by atoms with Crippen LogP contribution in [0.15, 0.2) is 6.07 Å². The van der Waals surface area contributed by atoms with E-state index >= 15 is 0 Å². The number of rotatable bonds is 6. The van der Waals surface area contributed by atoms with E-state index < -0.39 is 31.5 Å². The molecule has 1 fully saturated rings. The molecular weight excluding hydrogens is 318 g/mol. The number of aryl methyl sites for hydroxylation is 2. The van der Waals surface area contributed by atoms with E-state index in [-0.39, 0.29) is 6.04 Å². The zero-order valence-corrected chi connectivity index (χ0v) is 12.9. The second-order valence-corrected chi connectivity index (χ2v) is 5.71. The molecule has 0 radical (unpaired) electrons. The molecule has 2 rings (SSSR count). The highest BCUT2D eigenvalue weighted by Gasteiger charge is 2.41. The van der Waals surface area contributed by atoms with E-state index in [0.29, 0.717) is 19.5 Å². The number of ether oxygens (including phenoxy) is 1. The molecule has 1 aromatic rings. The van der Waals surface area contributed by atoms with Gasteiger partial charge in [-0.25, -0.2) is 8.78 Å². The minimum absolute atomic E-state index is 0.0233. The molecule has 0 N–H and O–H groups in total. The van der Waals surface area contributed by atoms with Gasteiger partial charge >= 0.3 is 12.3 Å². The lowest BCUT2D eigenvalue weighted by Crippen LogP contribution is -2.36. The number of carbonyl (C=O) groups excluding carboxylic acids is 1. The number of halogens is 4. The topological polar surface area (TPSA) is 47.4 Å². The summed E-state index contributed by atoms with van der Waals surface area (Å²) in [5.74, 6) is -4.73. The van der Waals surface area contributed by atoms with Crippen LogP contribution in [0, 0.1) is 13.8 Å². The lowest BCUT2D eigenvalue weighted by Gasteiger charge is -2.19. The van der Waals surface area contributed by atoms with E-state index in [4.69, 9.17) is 0 Å². The summed E-state index contributed by atoms with van der Waals surface area (Å²) < 4.78 is 55.6. The fourth-order valence-electron chi connectivity index (χ4n) is 2.61. The van der Waals surface area contributed by atoms with Gasteiger partial charge in [-0.05, 0) is 26.3 Å². The summed E-state index contributed by atoms with van der Waals surface area (Å²) in [6.45, 7) is 2.54. The molecule has 5 nitrogen and oxygen atoms in total. The molecule has 1 unspecified atom stereocenters. The first-order valence-corrected chi connectivity index (χ1v) is 7.25. The smallest absolute Gasteiger partial charge is 0.330 e. The van der Waals surface area contributed by atoms with Gasteiger partial charge in [0.2, 0.25) is 5.91 Å². The van der Waals surface area contributed by atoms with Gasteiger partial charge in [0, 0.05) is 18.8 Å². The molecule has 0 bridgehead atoms. The van der Waals surface area contributed by atoms with Crippen LogP contribution in [0.5, 0.6) is 0 Å². The van der Waals surface area contributed by atoms with E-state index in [1.54, 1.807) is 0 Å². The molecule has 9 heteroatoms. The monoisotopic (exact) mass is 337 g/mol. The van der Waals surface area contributed by atoms with E-state index in [2.05, 4.69) is 9.84 Å². The summed E-state index contributed by atoms with van der Waals surface area (Å²) in [6.07, 6.45) is -3.11. The van der Waals surface area contributed by atoms with Crippen LogP contribution in [0.25, 0.3) is 0 Å². The number of likely N-dealkylation sites (tertiary alicyclic amines) is 1. The van der Waals surface area contributed by atoms with Gasteiger partial charge < -0.3 is 9.64 Å². The molecule has 1 aliphatic rings. The Morgan fingerprint density at radius 3 is 2.74 bits per heavy atom. The van der Waals surface area contributed by atoms with Crippen molar-refractivity contribution in [2.45, 2.75) is 38.7 Å². The van der Waals surface area contributed by atoms with Crippen molar-refractivity contribution in [3.8, 4) is 0 Å². The highest BCUT2D eigenvalue weighted by Crippen LogP contribution is 2.24. The molecule has 2 heterocycles. The highest BCUT2D eigenvalue weighted by atomic mass is 19.3. The third kappa shape index (κ3) is 4.21. The fraction of sp³-hybridized carbons (Fsp3) is 0.714. The van der Waals surface area contributed by atoms with Gasteiger partial charge in [-0.1, -0.05) is 0 Å². The molecule has 1 atom stereocenters. The number of carbonyl (C=O) groups is 1. The molecule has 1 aliphatic heterocycles. The van der Waals surface area contributed by atoms with Gasteiger partial charge in [0.15, 0.2) is 0 Å². The Labute approximate surface area is 131 Å². The van der Waals surface area contributed by atoms with Gasteiger partial charge in [-0.2, -0.15) is 13.9 Å². The number of aromatic nitrogens is 2. The Morgan fingerprint density at radius 1 is 1.48 bits per heavy atom. The van der Waals surface area contributed by atoms with E-state index in [9.17, 15) is 22.4 Å². The Morgan fingerprint density at radius 2 is 2.17 bits per heavy atom. The summed E-state index contributed by atoms with van der Waals surface area (Å²) in [5, 5.41) is 4.36. The zero-order valence-electron chi connectivity index (χ0n) is 12.9. The summed E-state index contributed by atoms with van der Waals surface area (Å²) >= 11 is 0. The Balaban J connectivity index is 1.82. The summed E-state index contributed by atoms with van der Waals surface area (Å²) in [6, 6.07) is 1.95. The van der Waals surface area contributed by atoms with Crippen LogP contribution < -0.4 is 0 Å². The Hall–Kier alpha value is -1.64. The molecule has 0 spiro atoms. The average Bonchev–Trinajstić information content (AvgIpc) is 3.04. The van der Waals surface area contributed by atoms with E-state index in [0.717, 1.165) is 11.4 Å². The van der Waals surface area contributed by atoms with Crippen molar-refractivity contribution in [3.63, 3.8) is 0 Å². The zero-order chi connectivity index (χ0) is 17.2. The fourth-order valence-corrected chi connectivity index (χ4v) is 2.61. The predicted molar refractivity (Wildman–Crippen MR) is 73.7 cm³/mol. The van der Waals surface area contributed by atoms with E-state index in [1.807, 2.05) is 24.6 Å². The van der Waals surface area contributed by atoms with Gasteiger partial charge in [-0.3, -0.25) is 9.48 Å². The van der Waals surface area contributed by atoms with Crippen molar-refractivity contribution in [3.05, 3.63) is 17.5 Å². The lowest BCUT2D eigenvalue weighted by molar-refractivity contribution is -0.170. The first kappa shape index (κ1) is 17.7. The summed E-state index contributed by atoms with van der Waals surface area (Å²) in [5.41, 5.74) is 1.86. The summed E-state index contributed by atoms with van der Waals surface area (Å²) in [4.78, 5) is 13.4. The van der Waals surface area contributed by atoms with Gasteiger partial charge in [0.05, 0.1) is 11.7 Å². The number of nitrogens with zero attached hydrogens (tertiary/aromatic N) is 3. The van der Waals surface area contributed by atoms with Gasteiger partial charge in [0.1, 0.15) is 13.2 Å². The van der Waals surface area contributed by atoms with Crippen molar-refractivity contribution < 1.29 is 27.1 Å². The number of hydrogen-bond acceptors (Lipinski definition) is 3. The number of hydrogen-bond donors (Lipinski definition) is 0. The highest BCUT2D eigenvalue weighted by molar-refractivity contribution is 5.77. The maximum atomic E-state index is 12.7. The van der Waals surface area contributed by atoms with Crippen LogP contribution in [0.2, 0.25) is 0 Å². The van der Waals surface area contributed by atoms with Gasteiger partial charge in [-0.15, -0.1) is 0 Å². The van der Waals surface area contributed by atoms with E-state index in [1.165, 1.54) is 4.90 Å². The first-order chi connectivity index (χ1) is 10.7. The third-order valence-corrected chi connectivity index (χ3v) is 3.75. The predicted octanol–water partition coefficient (Wildman–Crippen LogP) is 2.19. The molecular formula is C14H19F4N3O2. The SMILES string of the molecule is Cc1cc(C)n(C2CCN(C(=O)COCC(F)(F)C(F)F)C2)n1. The molecule has 0 saturated carbocycles. The van der Waals surface area contributed by atoms with Crippen molar-refractivity contribution >= 4 is 5.91 Å². The maximum absolute atomic E-state index is 12.7. The molecule has 1 amide bonds. The molecule has 1 saturated heterocycles. The normalized spacial score (nSPS) is 18.9. The van der Waals surface area contributed by atoms with Crippen molar-refractivity contribution in [1.29, 1.82) is 0 Å². The molecule has 130 valence electrons. The second kappa shape index (κ2) is 6.86. The van der Waals surface area contributed by atoms with Crippen LogP contribution in [-0.4, -0.2) is 59.2 Å². The first-order valence-electron chi connectivity index (χ1n) is 7.25. The maximum Gasteiger partial charge on any atom is 0.330 e. The Kier molecular flexibility index (Phi) is 5.28. The third-order valence-electron chi connectivity index (χ3n) is 3.75. The minimum Gasteiger partial charge on any atom is -0.365 e. The largest absolute Gasteiger partial charge is 0.365 e. The van der Waals surface area contributed by atoms with Crippen LogP contribution in [-0.2, 0) is 9.53 Å². The summed E-state index contributed by atoms with van der Waals surface area (Å²) in [7, 11) is 0. The molecule has 0 aromatic carbocycles. The molecule has 0 aliphatic carbocycles. The quantitative estimate of drug-likeness (QED) is 0.748. The minimum atomic E-state index is -4.24. The van der Waals surface area contributed by atoms with Crippen molar-refractivity contribution in [2.24, 2.45) is 0 Å². The van der Waals surface area contributed by atoms with Crippen molar-refractivity contribution in [1.82, 2.24) is 14.7 Å². The van der Waals surface area contributed by atoms with Gasteiger partial charge in [0.25, 0.3) is 0 Å². The standard InChI is InChI=1S/C14H19F4N3O2/c1-9-5-10(2)21(19-9)11-3-4-20(6-11)12(22)7-23-8-14(17,18)13(15)16/h5,11,13H,3-4,6-8H2,1-2H3. The van der Waals surface area contributed by atoms with Crippen LogP contribution in [0.4, 0.5) is 17.6 Å². The van der Waals surface area contributed by atoms with Crippen LogP contribution in [0.3, 0.4) is 0 Å². The molecule has 1 aromatic heterocycles. The molecule has 23 heavy (non-hydrogen) atoms. The van der Waals surface area contributed by atoms with Crippen molar-refractivity contribution in [2.75, 3.05) is 26.3 Å².